The lowest BCUT2D eigenvalue weighted by atomic mass is 9.79. The van der Waals surface area contributed by atoms with Crippen LogP contribution in [-0.4, -0.2) is 26.9 Å². The van der Waals surface area contributed by atoms with E-state index in [0.29, 0.717) is 12.8 Å². The highest BCUT2D eigenvalue weighted by Crippen LogP contribution is 2.30. The van der Waals surface area contributed by atoms with Crippen LogP contribution in [0, 0.1) is 16.9 Å². The zero-order valence-electron chi connectivity index (χ0n) is 10.8. The van der Waals surface area contributed by atoms with Gasteiger partial charge in [0.25, 0.3) is 0 Å². The first-order chi connectivity index (χ1) is 7.79. The molecule has 0 bridgehead atoms. The summed E-state index contributed by atoms with van der Waals surface area (Å²) in [6, 6.07) is 0. The van der Waals surface area contributed by atoms with Crippen LogP contribution in [0.2, 0.25) is 19.6 Å². The fraction of sp³-hybridized carbons (Fsp3) is 0.538. The van der Waals surface area contributed by atoms with Crippen LogP contribution in [0.1, 0.15) is 12.8 Å². The van der Waals surface area contributed by atoms with Gasteiger partial charge in [-0.2, -0.15) is 0 Å². The highest BCUT2D eigenvalue weighted by Gasteiger charge is 2.38. The van der Waals surface area contributed by atoms with Crippen molar-refractivity contribution >= 4 is 19.8 Å². The lowest BCUT2D eigenvalue weighted by molar-refractivity contribution is -0.147. The molecule has 4 heteroatoms. The van der Waals surface area contributed by atoms with Gasteiger partial charge < -0.3 is 4.74 Å². The second-order valence-corrected chi connectivity index (χ2v) is 10.0. The minimum atomic E-state index is -1.55. The topological polar surface area (TPSA) is 43.4 Å². The highest BCUT2D eigenvalue weighted by molar-refractivity contribution is 6.83. The number of rotatable bonds is 1. The lowest BCUT2D eigenvalue weighted by Gasteiger charge is -2.24. The van der Waals surface area contributed by atoms with Gasteiger partial charge in [0.2, 0.25) is 0 Å². The number of carbonyl (C=O) groups excluding carboxylic acids is 2. The molecule has 1 rings (SSSR count). The van der Waals surface area contributed by atoms with Gasteiger partial charge in [0.1, 0.15) is 13.5 Å². The largest absolute Gasteiger partial charge is 0.468 e. The number of allylic oxidation sites excluding steroid dienone is 1. The van der Waals surface area contributed by atoms with Crippen molar-refractivity contribution in [1.29, 1.82) is 0 Å². The molecule has 1 atom stereocenters. The Labute approximate surface area is 103 Å². The van der Waals surface area contributed by atoms with Crippen molar-refractivity contribution in [2.24, 2.45) is 5.41 Å². The third kappa shape index (κ3) is 3.57. The predicted octanol–water partition coefficient (Wildman–Crippen LogP) is 1.95. The van der Waals surface area contributed by atoms with Crippen LogP contribution < -0.4 is 0 Å². The fourth-order valence-corrected chi connectivity index (χ4v) is 2.13. The molecule has 1 unspecified atom stereocenters. The Bertz CT molecular complexity index is 420. The lowest BCUT2D eigenvalue weighted by Crippen LogP contribution is -2.33. The molecular weight excluding hydrogens is 232 g/mol. The summed E-state index contributed by atoms with van der Waals surface area (Å²) in [5.41, 5.74) is 2.27. The molecule has 0 saturated carbocycles. The summed E-state index contributed by atoms with van der Waals surface area (Å²) >= 11 is 0. The number of hydrogen-bond acceptors (Lipinski definition) is 3. The van der Waals surface area contributed by atoms with Gasteiger partial charge in [0.15, 0.2) is 5.78 Å². The fourth-order valence-electron chi connectivity index (χ4n) is 1.53. The van der Waals surface area contributed by atoms with Gasteiger partial charge in [0, 0.05) is 6.42 Å². The molecule has 0 spiro atoms. The molecule has 3 nitrogen and oxygen atoms in total. The average Bonchev–Trinajstić information content (AvgIpc) is 2.27. The normalized spacial score (nSPS) is 23.9. The first kappa shape index (κ1) is 13.7. The molecule has 0 fully saturated rings. The second kappa shape index (κ2) is 4.88. The van der Waals surface area contributed by atoms with E-state index < -0.39 is 13.5 Å². The first-order valence-electron chi connectivity index (χ1n) is 5.64. The Morgan fingerprint density at radius 2 is 2.12 bits per heavy atom. The molecule has 0 radical (unpaired) electrons. The van der Waals surface area contributed by atoms with Crippen LogP contribution in [0.25, 0.3) is 0 Å². The predicted molar refractivity (Wildman–Crippen MR) is 69.0 cm³/mol. The molecule has 0 heterocycles. The standard InChI is InChI=1S/C13H18O3Si/c1-16-12(15)13(9-10-17(2,3)4)7-5-11(14)6-8-13/h5,7H,6,8H2,1-4H3. The summed E-state index contributed by atoms with van der Waals surface area (Å²) in [4.78, 5) is 23.0. The number of methoxy groups -OCH3 is 1. The average molecular weight is 250 g/mol. The number of ether oxygens (including phenoxy) is 1. The van der Waals surface area contributed by atoms with Crippen molar-refractivity contribution in [2.45, 2.75) is 32.5 Å². The molecule has 0 N–H and O–H groups in total. The SMILES string of the molecule is COC(=O)C1(C#C[Si](C)(C)C)C=CC(=O)CC1. The van der Waals surface area contributed by atoms with Crippen molar-refractivity contribution in [1.82, 2.24) is 0 Å². The molecule has 17 heavy (non-hydrogen) atoms. The Balaban J connectivity index is 3.12. The first-order valence-corrected chi connectivity index (χ1v) is 9.14. The third-order valence-corrected chi connectivity index (χ3v) is 3.40. The molecule has 0 saturated heterocycles. The Kier molecular flexibility index (Phi) is 3.94. The zero-order chi connectivity index (χ0) is 13.1. The van der Waals surface area contributed by atoms with E-state index in [4.69, 9.17) is 4.74 Å². The van der Waals surface area contributed by atoms with E-state index in [2.05, 4.69) is 31.1 Å². The van der Waals surface area contributed by atoms with Crippen LogP contribution in [0.15, 0.2) is 12.2 Å². The van der Waals surface area contributed by atoms with E-state index in [9.17, 15) is 9.59 Å². The van der Waals surface area contributed by atoms with Gasteiger partial charge in [-0.3, -0.25) is 9.59 Å². The monoisotopic (exact) mass is 250 g/mol. The molecule has 0 aromatic heterocycles. The quantitative estimate of drug-likeness (QED) is 0.406. The van der Waals surface area contributed by atoms with Gasteiger partial charge >= 0.3 is 5.97 Å². The number of esters is 1. The van der Waals surface area contributed by atoms with Crippen LogP contribution in [-0.2, 0) is 14.3 Å². The number of hydrogen-bond donors (Lipinski definition) is 0. The van der Waals surface area contributed by atoms with E-state index in [0.717, 1.165) is 0 Å². The molecule has 1 aliphatic carbocycles. The van der Waals surface area contributed by atoms with Gasteiger partial charge in [-0.15, -0.1) is 5.54 Å². The molecule has 0 amide bonds. The Morgan fingerprint density at radius 1 is 1.47 bits per heavy atom. The molecule has 0 aromatic rings. The maximum Gasteiger partial charge on any atom is 0.327 e. The minimum Gasteiger partial charge on any atom is -0.468 e. The van der Waals surface area contributed by atoms with Crippen molar-refractivity contribution in [3.63, 3.8) is 0 Å². The maximum atomic E-state index is 11.8. The molecule has 0 aromatic carbocycles. The van der Waals surface area contributed by atoms with Crippen molar-refractivity contribution in [3.05, 3.63) is 12.2 Å². The van der Waals surface area contributed by atoms with Gasteiger partial charge in [0.05, 0.1) is 7.11 Å². The van der Waals surface area contributed by atoms with E-state index in [-0.39, 0.29) is 11.8 Å². The molecule has 92 valence electrons. The van der Waals surface area contributed by atoms with Crippen LogP contribution in [0.5, 0.6) is 0 Å². The smallest absolute Gasteiger partial charge is 0.327 e. The van der Waals surface area contributed by atoms with E-state index >= 15 is 0 Å². The van der Waals surface area contributed by atoms with Crippen LogP contribution in [0.4, 0.5) is 0 Å². The Hall–Kier alpha value is -1.34. The Morgan fingerprint density at radius 3 is 2.53 bits per heavy atom. The van der Waals surface area contributed by atoms with Crippen molar-refractivity contribution in [2.75, 3.05) is 7.11 Å². The van der Waals surface area contributed by atoms with Crippen molar-refractivity contribution in [3.8, 4) is 11.5 Å². The van der Waals surface area contributed by atoms with Gasteiger partial charge in [-0.1, -0.05) is 31.6 Å². The minimum absolute atomic E-state index is 0.0410. The summed E-state index contributed by atoms with van der Waals surface area (Å²) in [6.07, 6.45) is 3.82. The van der Waals surface area contributed by atoms with Crippen molar-refractivity contribution < 1.29 is 14.3 Å². The van der Waals surface area contributed by atoms with E-state index in [1.807, 2.05) is 0 Å². The second-order valence-electron chi connectivity index (χ2n) is 5.26. The number of carbonyl (C=O) groups is 2. The summed E-state index contributed by atoms with van der Waals surface area (Å²) in [7, 11) is -0.200. The van der Waals surface area contributed by atoms with Gasteiger partial charge in [-0.25, -0.2) is 0 Å². The van der Waals surface area contributed by atoms with Crippen LogP contribution in [0.3, 0.4) is 0 Å². The molecular formula is C13H18O3Si. The summed E-state index contributed by atoms with van der Waals surface area (Å²) in [5, 5.41) is 0. The van der Waals surface area contributed by atoms with E-state index in [1.165, 1.54) is 13.2 Å². The third-order valence-electron chi connectivity index (χ3n) is 2.53. The summed E-state index contributed by atoms with van der Waals surface area (Å²) < 4.78 is 4.80. The molecule has 1 aliphatic rings. The highest BCUT2D eigenvalue weighted by atomic mass is 28.3. The zero-order valence-corrected chi connectivity index (χ0v) is 11.8. The molecule has 0 aliphatic heterocycles. The van der Waals surface area contributed by atoms with Gasteiger partial charge in [-0.05, 0) is 12.5 Å². The maximum absolute atomic E-state index is 11.8. The summed E-state index contributed by atoms with van der Waals surface area (Å²) in [5.74, 6) is 2.72. The van der Waals surface area contributed by atoms with Crippen LogP contribution >= 0.6 is 0 Å². The summed E-state index contributed by atoms with van der Waals surface area (Å²) in [6.45, 7) is 6.34. The number of ketones is 1. The van der Waals surface area contributed by atoms with E-state index in [1.54, 1.807) is 6.08 Å².